The molecule has 1 heterocycles. The van der Waals surface area contributed by atoms with Gasteiger partial charge in [-0.15, -0.1) is 10.2 Å². The Hall–Kier alpha value is -2.02. The molecule has 6 nitrogen and oxygen atoms in total. The molecule has 1 aromatic heterocycles. The second kappa shape index (κ2) is 5.75. The van der Waals surface area contributed by atoms with Crippen LogP contribution in [0.5, 0.6) is 0 Å². The summed E-state index contributed by atoms with van der Waals surface area (Å²) in [4.78, 5) is 10.6. The first kappa shape index (κ1) is 13.4. The highest BCUT2D eigenvalue weighted by molar-refractivity contribution is 7.99. The average Bonchev–Trinajstić information content (AvgIpc) is 2.71. The van der Waals surface area contributed by atoms with Crippen LogP contribution in [0.3, 0.4) is 0 Å². The van der Waals surface area contributed by atoms with Gasteiger partial charge in [0.1, 0.15) is 0 Å². The molecule has 2 rings (SSSR count). The summed E-state index contributed by atoms with van der Waals surface area (Å²) < 4.78 is 1.72. The van der Waals surface area contributed by atoms with Crippen LogP contribution < -0.4 is 5.73 Å². The predicted octanol–water partition coefficient (Wildman–Crippen LogP) is 1.39. The first-order valence-corrected chi connectivity index (χ1v) is 6.64. The Kier molecular flexibility index (Phi) is 4.06. The second-order valence-corrected chi connectivity index (χ2v) is 4.98. The molecule has 7 heteroatoms. The highest BCUT2D eigenvalue weighted by Gasteiger charge is 2.12. The van der Waals surface area contributed by atoms with Gasteiger partial charge >= 0.3 is 5.97 Å². The van der Waals surface area contributed by atoms with Gasteiger partial charge in [0.25, 0.3) is 0 Å². The normalized spacial score (nSPS) is 10.6. The van der Waals surface area contributed by atoms with Crippen LogP contribution in [0.1, 0.15) is 11.1 Å². The first-order chi connectivity index (χ1) is 9.08. The number of carbonyl (C=O) groups is 1. The van der Waals surface area contributed by atoms with Gasteiger partial charge in [0.15, 0.2) is 5.16 Å². The third-order valence-corrected chi connectivity index (χ3v) is 3.61. The van der Waals surface area contributed by atoms with Gasteiger partial charge in [0.05, 0.1) is 12.3 Å². The van der Waals surface area contributed by atoms with Crippen molar-refractivity contribution in [2.75, 3.05) is 11.5 Å². The molecule has 0 aliphatic carbocycles. The van der Waals surface area contributed by atoms with Gasteiger partial charge in [0, 0.05) is 0 Å². The van der Waals surface area contributed by atoms with Crippen molar-refractivity contribution in [3.63, 3.8) is 0 Å². The van der Waals surface area contributed by atoms with Crippen molar-refractivity contribution in [1.29, 1.82) is 0 Å². The van der Waals surface area contributed by atoms with Crippen LogP contribution in [-0.2, 0) is 11.3 Å². The highest BCUT2D eigenvalue weighted by atomic mass is 32.2. The molecule has 0 radical (unpaired) electrons. The third-order valence-electron chi connectivity index (χ3n) is 2.66. The zero-order chi connectivity index (χ0) is 13.8. The summed E-state index contributed by atoms with van der Waals surface area (Å²) >= 11 is 1.11. The van der Waals surface area contributed by atoms with Crippen LogP contribution in [0.2, 0.25) is 0 Å². The molecule has 0 atom stereocenters. The predicted molar refractivity (Wildman–Crippen MR) is 73.1 cm³/mol. The van der Waals surface area contributed by atoms with Gasteiger partial charge in [-0.05, 0) is 18.1 Å². The number of anilines is 1. The smallest absolute Gasteiger partial charge is 0.313 e. The Morgan fingerprint density at radius 2 is 2.16 bits per heavy atom. The molecule has 1 aromatic carbocycles. The summed E-state index contributed by atoms with van der Waals surface area (Å²) in [7, 11) is 0. The minimum atomic E-state index is -0.894. The molecule has 0 aliphatic heterocycles. The van der Waals surface area contributed by atoms with Crippen LogP contribution >= 0.6 is 11.8 Å². The molecule has 0 aliphatic rings. The fourth-order valence-corrected chi connectivity index (χ4v) is 2.30. The summed E-state index contributed by atoms with van der Waals surface area (Å²) in [6, 6.07) is 7.93. The lowest BCUT2D eigenvalue weighted by atomic mass is 10.1. The number of aliphatic carboxylic acids is 1. The lowest BCUT2D eigenvalue weighted by Crippen LogP contribution is -2.08. The summed E-state index contributed by atoms with van der Waals surface area (Å²) in [6.07, 6.45) is 0. The molecule has 0 spiro atoms. The van der Waals surface area contributed by atoms with Gasteiger partial charge in [0.2, 0.25) is 5.95 Å². The van der Waals surface area contributed by atoms with Crippen LogP contribution in [0.15, 0.2) is 29.4 Å². The Morgan fingerprint density at radius 3 is 2.84 bits per heavy atom. The van der Waals surface area contributed by atoms with Gasteiger partial charge in [-0.3, -0.25) is 9.36 Å². The molecule has 0 saturated heterocycles. The Labute approximate surface area is 114 Å². The average molecular weight is 278 g/mol. The summed E-state index contributed by atoms with van der Waals surface area (Å²) in [5.74, 6) is -0.670. The van der Waals surface area contributed by atoms with Crippen molar-refractivity contribution in [2.24, 2.45) is 0 Å². The van der Waals surface area contributed by atoms with E-state index in [-0.39, 0.29) is 11.7 Å². The maximum atomic E-state index is 10.6. The van der Waals surface area contributed by atoms with E-state index < -0.39 is 5.97 Å². The fraction of sp³-hybridized carbons (Fsp3) is 0.250. The number of benzene rings is 1. The molecule has 3 N–H and O–H groups in total. The van der Waals surface area contributed by atoms with Crippen LogP contribution in [0, 0.1) is 6.92 Å². The fourth-order valence-electron chi connectivity index (χ4n) is 1.64. The monoisotopic (exact) mass is 278 g/mol. The molecule has 0 saturated carbocycles. The molecular formula is C12H14N4O2S. The number of hydrogen-bond donors (Lipinski definition) is 2. The van der Waals surface area contributed by atoms with E-state index in [2.05, 4.69) is 10.2 Å². The Morgan fingerprint density at radius 1 is 1.42 bits per heavy atom. The molecule has 2 aromatic rings. The number of nitrogens with zero attached hydrogens (tertiary/aromatic N) is 3. The summed E-state index contributed by atoms with van der Waals surface area (Å²) in [5, 5.41) is 16.9. The Balaban J connectivity index is 2.22. The van der Waals surface area contributed by atoms with Crippen LogP contribution in [-0.4, -0.2) is 31.6 Å². The van der Waals surface area contributed by atoms with Gasteiger partial charge in [-0.2, -0.15) is 0 Å². The topological polar surface area (TPSA) is 94.0 Å². The van der Waals surface area contributed by atoms with E-state index in [9.17, 15) is 4.79 Å². The van der Waals surface area contributed by atoms with Crippen molar-refractivity contribution in [3.05, 3.63) is 35.4 Å². The number of hydrogen-bond acceptors (Lipinski definition) is 5. The van der Waals surface area contributed by atoms with Gasteiger partial charge in [-0.1, -0.05) is 36.0 Å². The lowest BCUT2D eigenvalue weighted by molar-refractivity contribution is -0.133. The number of nitrogens with two attached hydrogens (primary N) is 1. The summed E-state index contributed by atoms with van der Waals surface area (Å²) in [6.45, 7) is 2.55. The minimum absolute atomic E-state index is 0.0636. The van der Waals surface area contributed by atoms with Crippen molar-refractivity contribution >= 4 is 23.7 Å². The molecule has 0 fully saturated rings. The third kappa shape index (κ3) is 3.25. The molecule has 100 valence electrons. The molecule has 0 bridgehead atoms. The molecule has 19 heavy (non-hydrogen) atoms. The number of rotatable bonds is 5. The number of aryl methyl sites for hydroxylation is 1. The van der Waals surface area contributed by atoms with E-state index in [4.69, 9.17) is 10.8 Å². The maximum absolute atomic E-state index is 10.6. The highest BCUT2D eigenvalue weighted by Crippen LogP contribution is 2.20. The van der Waals surface area contributed by atoms with E-state index in [1.807, 2.05) is 31.2 Å². The van der Waals surface area contributed by atoms with Crippen molar-refractivity contribution in [1.82, 2.24) is 14.8 Å². The number of carboxylic acid groups (broad SMARTS) is 1. The van der Waals surface area contributed by atoms with E-state index in [1.165, 1.54) is 0 Å². The quantitative estimate of drug-likeness (QED) is 0.803. The number of thioether (sulfide) groups is 1. The zero-order valence-corrected chi connectivity index (χ0v) is 11.2. The standard InChI is InChI=1S/C12H14N4O2S/c1-8-4-2-3-5-9(8)6-16-11(13)14-15-12(16)19-7-10(17)18/h2-5H,6-7H2,1H3,(H2,13,14)(H,17,18). The van der Waals surface area contributed by atoms with Crippen molar-refractivity contribution < 1.29 is 9.90 Å². The molecular weight excluding hydrogens is 264 g/mol. The first-order valence-electron chi connectivity index (χ1n) is 5.65. The second-order valence-electron chi connectivity index (χ2n) is 4.04. The van der Waals surface area contributed by atoms with Crippen molar-refractivity contribution in [2.45, 2.75) is 18.6 Å². The van der Waals surface area contributed by atoms with E-state index >= 15 is 0 Å². The Bertz CT molecular complexity index is 597. The minimum Gasteiger partial charge on any atom is -0.481 e. The van der Waals surface area contributed by atoms with E-state index in [0.717, 1.165) is 22.9 Å². The number of aromatic nitrogens is 3. The van der Waals surface area contributed by atoms with E-state index in [1.54, 1.807) is 4.57 Å². The largest absolute Gasteiger partial charge is 0.481 e. The van der Waals surface area contributed by atoms with Gasteiger partial charge in [-0.25, -0.2) is 0 Å². The lowest BCUT2D eigenvalue weighted by Gasteiger charge is -2.09. The number of nitrogen functional groups attached to an aromatic ring is 1. The summed E-state index contributed by atoms with van der Waals surface area (Å²) in [5.41, 5.74) is 8.02. The van der Waals surface area contributed by atoms with Gasteiger partial charge < -0.3 is 10.8 Å². The maximum Gasteiger partial charge on any atom is 0.313 e. The van der Waals surface area contributed by atoms with Crippen LogP contribution in [0.4, 0.5) is 5.95 Å². The SMILES string of the molecule is Cc1ccccc1Cn1c(N)nnc1SCC(=O)O. The molecule has 0 amide bonds. The van der Waals surface area contributed by atoms with Crippen molar-refractivity contribution in [3.8, 4) is 0 Å². The van der Waals surface area contributed by atoms with Crippen LogP contribution in [0.25, 0.3) is 0 Å². The van der Waals surface area contributed by atoms with E-state index in [0.29, 0.717) is 11.7 Å². The zero-order valence-electron chi connectivity index (χ0n) is 10.4. The number of carboxylic acids is 1. The molecule has 0 unspecified atom stereocenters.